The topological polar surface area (TPSA) is 161 Å². The van der Waals surface area contributed by atoms with Crippen LogP contribution in [0, 0.1) is 6.92 Å². The first kappa shape index (κ1) is 41.8. The van der Waals surface area contributed by atoms with E-state index in [9.17, 15) is 24.0 Å². The van der Waals surface area contributed by atoms with E-state index in [1.165, 1.54) is 32.1 Å². The Morgan fingerprint density at radius 3 is 2.11 bits per heavy atom. The molecule has 1 aromatic heterocycles. The van der Waals surface area contributed by atoms with Crippen LogP contribution in [0.1, 0.15) is 61.8 Å². The number of amides is 4. The Bertz CT molecular complexity index is 2280. The number of carbonyl (C=O) groups is 5. The number of anilines is 3. The minimum Gasteiger partial charge on any atom is -0.493 e. The maximum atomic E-state index is 13.8. The van der Waals surface area contributed by atoms with Crippen molar-refractivity contribution in [1.29, 1.82) is 0 Å². The van der Waals surface area contributed by atoms with Crippen molar-refractivity contribution in [1.82, 2.24) is 5.32 Å². The molecule has 1 unspecified atom stereocenters. The maximum absolute atomic E-state index is 13.8. The van der Waals surface area contributed by atoms with E-state index in [0.29, 0.717) is 50.9 Å². The van der Waals surface area contributed by atoms with Crippen LogP contribution in [0.25, 0.3) is 6.08 Å². The van der Waals surface area contributed by atoms with Gasteiger partial charge in [0.15, 0.2) is 11.5 Å². The summed E-state index contributed by atoms with van der Waals surface area (Å²) < 4.78 is 16.0. The van der Waals surface area contributed by atoms with Gasteiger partial charge in [0, 0.05) is 21.8 Å². The van der Waals surface area contributed by atoms with Crippen LogP contribution in [-0.2, 0) is 14.3 Å². The zero-order chi connectivity index (χ0) is 40.9. The summed E-state index contributed by atoms with van der Waals surface area (Å²) in [4.78, 5) is 68.0. The van der Waals surface area contributed by atoms with E-state index in [2.05, 4.69) is 21.3 Å². The van der Waals surface area contributed by atoms with E-state index in [4.69, 9.17) is 14.2 Å². The van der Waals surface area contributed by atoms with E-state index in [0.717, 1.165) is 11.3 Å². The number of thiophene rings is 1. The average Bonchev–Trinajstić information content (AvgIpc) is 3.55. The Labute approximate surface area is 339 Å². The minimum atomic E-state index is -0.649. The molecule has 0 radical (unpaired) electrons. The average molecular weight is 807 g/mol. The van der Waals surface area contributed by atoms with Crippen LogP contribution in [0.3, 0.4) is 0 Å². The van der Waals surface area contributed by atoms with Gasteiger partial charge in [0.25, 0.3) is 17.7 Å². The molecule has 57 heavy (non-hydrogen) atoms. The SMILES string of the molecule is CCOC(=O)c1c(NC(=O)C(CC)Sc2cccc(NC(=O)/C(=C\c3ccc(OC)c(OC)c3)NC(=O)c3ccccc3)c2)sc(C(=O)Nc2ccccc2)c1C. The molecule has 5 aromatic rings. The van der Waals surface area contributed by atoms with E-state index < -0.39 is 28.9 Å². The largest absolute Gasteiger partial charge is 0.493 e. The zero-order valence-electron chi connectivity index (χ0n) is 32.0. The Morgan fingerprint density at radius 2 is 1.44 bits per heavy atom. The highest BCUT2D eigenvalue weighted by atomic mass is 32.2. The first-order valence-corrected chi connectivity index (χ1v) is 19.6. The monoisotopic (exact) mass is 806 g/mol. The summed E-state index contributed by atoms with van der Waals surface area (Å²) in [7, 11) is 3.02. The van der Waals surface area contributed by atoms with Crippen molar-refractivity contribution >= 4 is 75.1 Å². The van der Waals surface area contributed by atoms with Crippen LogP contribution < -0.4 is 30.7 Å². The lowest BCUT2D eigenvalue weighted by Crippen LogP contribution is -2.30. The van der Waals surface area contributed by atoms with Crippen molar-refractivity contribution in [3.05, 3.63) is 136 Å². The number of para-hydroxylation sites is 1. The number of hydrogen-bond donors (Lipinski definition) is 4. The van der Waals surface area contributed by atoms with Gasteiger partial charge in [-0.1, -0.05) is 55.5 Å². The Balaban J connectivity index is 1.35. The number of methoxy groups -OCH3 is 2. The highest BCUT2D eigenvalue weighted by molar-refractivity contribution is 8.00. The van der Waals surface area contributed by atoms with Crippen molar-refractivity contribution in [2.45, 2.75) is 37.3 Å². The number of carbonyl (C=O) groups excluding carboxylic acids is 5. The van der Waals surface area contributed by atoms with Gasteiger partial charge in [-0.2, -0.15) is 0 Å². The molecule has 5 rings (SSSR count). The molecule has 0 aliphatic rings. The summed E-state index contributed by atoms with van der Waals surface area (Å²) in [5, 5.41) is 10.9. The lowest BCUT2D eigenvalue weighted by atomic mass is 10.1. The van der Waals surface area contributed by atoms with E-state index >= 15 is 0 Å². The molecule has 0 aliphatic carbocycles. The van der Waals surface area contributed by atoms with Crippen LogP contribution in [0.2, 0.25) is 0 Å². The quantitative estimate of drug-likeness (QED) is 0.0436. The van der Waals surface area contributed by atoms with Gasteiger partial charge in [-0.25, -0.2) is 4.79 Å². The van der Waals surface area contributed by atoms with Crippen molar-refractivity contribution in [3.63, 3.8) is 0 Å². The Hall–Kier alpha value is -6.38. The summed E-state index contributed by atoms with van der Waals surface area (Å²) in [6, 6.07) is 29.5. The third-order valence-corrected chi connectivity index (χ3v) is 10.9. The van der Waals surface area contributed by atoms with Crippen molar-refractivity contribution in [2.24, 2.45) is 0 Å². The molecule has 0 bridgehead atoms. The molecule has 4 amide bonds. The van der Waals surface area contributed by atoms with Gasteiger partial charge in [0.2, 0.25) is 5.91 Å². The predicted molar refractivity (Wildman–Crippen MR) is 224 cm³/mol. The molecule has 0 fully saturated rings. The van der Waals surface area contributed by atoms with E-state index in [1.54, 1.807) is 111 Å². The summed E-state index contributed by atoms with van der Waals surface area (Å²) >= 11 is 2.26. The number of ether oxygens (including phenoxy) is 3. The summed E-state index contributed by atoms with van der Waals surface area (Å²) in [5.41, 5.74) is 2.43. The van der Waals surface area contributed by atoms with Gasteiger partial charge in [0.05, 0.1) is 36.5 Å². The van der Waals surface area contributed by atoms with Crippen LogP contribution in [0.15, 0.2) is 114 Å². The predicted octanol–water partition coefficient (Wildman–Crippen LogP) is 8.42. The van der Waals surface area contributed by atoms with Crippen molar-refractivity contribution in [3.8, 4) is 11.5 Å². The molecule has 0 saturated heterocycles. The van der Waals surface area contributed by atoms with Crippen molar-refractivity contribution < 1.29 is 38.2 Å². The molecule has 4 N–H and O–H groups in total. The molecule has 1 atom stereocenters. The Kier molecular flexibility index (Phi) is 14.6. The number of benzene rings is 4. The number of esters is 1. The maximum Gasteiger partial charge on any atom is 0.341 e. The molecule has 0 spiro atoms. The third-order valence-electron chi connectivity index (χ3n) is 8.38. The first-order valence-electron chi connectivity index (χ1n) is 17.9. The molecule has 0 aliphatic heterocycles. The van der Waals surface area contributed by atoms with Crippen LogP contribution in [-0.4, -0.2) is 55.7 Å². The molecule has 4 aromatic carbocycles. The van der Waals surface area contributed by atoms with Gasteiger partial charge in [-0.05, 0) is 92.1 Å². The lowest BCUT2D eigenvalue weighted by molar-refractivity contribution is -0.116. The van der Waals surface area contributed by atoms with Gasteiger partial charge in [-0.15, -0.1) is 23.1 Å². The fourth-order valence-electron chi connectivity index (χ4n) is 5.55. The second-order valence-corrected chi connectivity index (χ2v) is 14.6. The van der Waals surface area contributed by atoms with Crippen LogP contribution in [0.5, 0.6) is 11.5 Å². The number of thioether (sulfide) groups is 1. The molecule has 14 heteroatoms. The van der Waals surface area contributed by atoms with Gasteiger partial charge in [0.1, 0.15) is 10.7 Å². The zero-order valence-corrected chi connectivity index (χ0v) is 33.6. The first-order chi connectivity index (χ1) is 27.5. The fraction of sp³-hybridized carbons (Fsp3) is 0.186. The summed E-state index contributed by atoms with van der Waals surface area (Å²) in [5.74, 6) is -1.58. The number of hydrogen-bond acceptors (Lipinski definition) is 10. The lowest BCUT2D eigenvalue weighted by Gasteiger charge is -2.16. The van der Waals surface area contributed by atoms with Crippen LogP contribution >= 0.6 is 23.1 Å². The highest BCUT2D eigenvalue weighted by Crippen LogP contribution is 2.36. The molecule has 1 heterocycles. The molecular formula is C43H42N4O8S2. The van der Waals surface area contributed by atoms with Gasteiger partial charge in [-0.3, -0.25) is 19.2 Å². The van der Waals surface area contributed by atoms with Crippen LogP contribution in [0.4, 0.5) is 16.4 Å². The second-order valence-electron chi connectivity index (χ2n) is 12.3. The normalized spacial score (nSPS) is 11.5. The molecular weight excluding hydrogens is 765 g/mol. The minimum absolute atomic E-state index is 0.0274. The number of rotatable bonds is 16. The van der Waals surface area contributed by atoms with E-state index in [-0.39, 0.29) is 33.7 Å². The smallest absolute Gasteiger partial charge is 0.341 e. The number of nitrogens with one attached hydrogen (secondary N) is 4. The standard InChI is InChI=1S/C43H42N4O8S2/c1-6-35(40(50)47-42-36(43(52)55-7-2)26(3)37(57-42)41(51)44-29-17-12-9-13-18-29)56-31-20-14-19-30(25-31)45-39(49)32(46-38(48)28-15-10-8-11-16-28)23-27-21-22-33(53-4)34(24-27)54-5/h8-25,35H,6-7H2,1-5H3,(H,44,51)(H,45,49)(H,46,48)(H,47,50)/b32-23+. The fourth-order valence-corrected chi connectivity index (χ4v) is 7.66. The summed E-state index contributed by atoms with van der Waals surface area (Å²) in [6.07, 6.45) is 1.94. The summed E-state index contributed by atoms with van der Waals surface area (Å²) in [6.45, 7) is 5.29. The second kappa shape index (κ2) is 20.0. The Morgan fingerprint density at radius 1 is 0.754 bits per heavy atom. The van der Waals surface area contributed by atoms with Crippen molar-refractivity contribution in [2.75, 3.05) is 36.8 Å². The highest BCUT2D eigenvalue weighted by Gasteiger charge is 2.29. The van der Waals surface area contributed by atoms with E-state index in [1.807, 2.05) is 13.0 Å². The molecule has 12 nitrogen and oxygen atoms in total. The molecule has 294 valence electrons. The van der Waals surface area contributed by atoms with Gasteiger partial charge < -0.3 is 35.5 Å². The van der Waals surface area contributed by atoms with Gasteiger partial charge >= 0.3 is 5.97 Å². The molecule has 0 saturated carbocycles. The third kappa shape index (κ3) is 10.9.